The SMILES string of the molecule is CC(C)C(NC(=O)C(N)CC(=O)O)C(=O)NC(CCC(=O)O)C(=O)NC(Cc1ccccc1)C(=O)O. The van der Waals surface area contributed by atoms with Gasteiger partial charge in [0.2, 0.25) is 17.7 Å². The third-order valence-corrected chi connectivity index (χ3v) is 5.16. The summed E-state index contributed by atoms with van der Waals surface area (Å²) in [6.07, 6.45) is -1.56. The zero-order chi connectivity index (χ0) is 27.4. The minimum atomic E-state index is -1.42. The quantitative estimate of drug-likeness (QED) is 0.154. The van der Waals surface area contributed by atoms with Crippen LogP contribution in [0, 0.1) is 5.92 Å². The minimum absolute atomic E-state index is 0.0480. The number of carboxylic acid groups (broad SMARTS) is 3. The Kier molecular flexibility index (Phi) is 12.0. The third kappa shape index (κ3) is 10.5. The Morgan fingerprint density at radius 2 is 1.39 bits per heavy atom. The number of carboxylic acids is 3. The molecule has 1 aromatic rings. The predicted octanol–water partition coefficient (Wildman–Crippen LogP) is -0.909. The highest BCUT2D eigenvalue weighted by Crippen LogP contribution is 2.08. The molecule has 0 bridgehead atoms. The summed E-state index contributed by atoms with van der Waals surface area (Å²) in [6.45, 7) is 3.17. The number of carbonyl (C=O) groups is 6. The van der Waals surface area contributed by atoms with Crippen LogP contribution < -0.4 is 21.7 Å². The minimum Gasteiger partial charge on any atom is -0.481 e. The van der Waals surface area contributed by atoms with E-state index >= 15 is 0 Å². The Balaban J connectivity index is 3.01. The van der Waals surface area contributed by atoms with Gasteiger partial charge in [-0.25, -0.2) is 4.79 Å². The fourth-order valence-corrected chi connectivity index (χ4v) is 3.20. The number of aliphatic carboxylic acids is 3. The summed E-state index contributed by atoms with van der Waals surface area (Å²) < 4.78 is 0. The fourth-order valence-electron chi connectivity index (χ4n) is 3.20. The van der Waals surface area contributed by atoms with Crippen LogP contribution >= 0.6 is 0 Å². The van der Waals surface area contributed by atoms with Crippen molar-refractivity contribution in [1.82, 2.24) is 16.0 Å². The van der Waals surface area contributed by atoms with Crippen molar-refractivity contribution in [1.29, 1.82) is 0 Å². The molecule has 0 aromatic heterocycles. The van der Waals surface area contributed by atoms with E-state index in [1.165, 1.54) is 0 Å². The van der Waals surface area contributed by atoms with E-state index < -0.39 is 78.6 Å². The standard InChI is InChI=1S/C23H32N4O9/c1-12(2)19(27-20(32)14(24)11-18(30)31)22(34)25-15(8-9-17(28)29)21(33)26-16(23(35)36)10-13-6-4-3-5-7-13/h3-7,12,14-16,19H,8-11,24H2,1-2H3,(H,25,34)(H,26,33)(H,27,32)(H,28,29)(H,30,31)(H,35,36). The van der Waals surface area contributed by atoms with Crippen molar-refractivity contribution in [3.8, 4) is 0 Å². The Labute approximate surface area is 207 Å². The first-order valence-electron chi connectivity index (χ1n) is 11.2. The van der Waals surface area contributed by atoms with Gasteiger partial charge in [0.15, 0.2) is 0 Å². The average molecular weight is 509 g/mol. The molecule has 4 atom stereocenters. The number of nitrogens with one attached hydrogen (secondary N) is 3. The fraction of sp³-hybridized carbons (Fsp3) is 0.478. The van der Waals surface area contributed by atoms with Crippen molar-refractivity contribution in [2.75, 3.05) is 0 Å². The van der Waals surface area contributed by atoms with Crippen molar-refractivity contribution in [3.05, 3.63) is 35.9 Å². The normalized spacial score (nSPS) is 14.1. The number of nitrogens with two attached hydrogens (primary N) is 1. The van der Waals surface area contributed by atoms with Gasteiger partial charge in [-0.3, -0.25) is 24.0 Å². The molecule has 0 spiro atoms. The third-order valence-electron chi connectivity index (χ3n) is 5.16. The highest BCUT2D eigenvalue weighted by molar-refractivity contribution is 5.95. The van der Waals surface area contributed by atoms with Crippen LogP contribution in [-0.4, -0.2) is 75.1 Å². The molecule has 0 saturated carbocycles. The van der Waals surface area contributed by atoms with Gasteiger partial charge in [-0.2, -0.15) is 0 Å². The number of hydrogen-bond donors (Lipinski definition) is 7. The Morgan fingerprint density at radius 3 is 1.89 bits per heavy atom. The molecule has 0 saturated heterocycles. The monoisotopic (exact) mass is 508 g/mol. The van der Waals surface area contributed by atoms with Gasteiger partial charge < -0.3 is 37.0 Å². The van der Waals surface area contributed by atoms with Crippen LogP contribution in [-0.2, 0) is 35.2 Å². The molecule has 0 aliphatic rings. The smallest absolute Gasteiger partial charge is 0.326 e. The highest BCUT2D eigenvalue weighted by atomic mass is 16.4. The maximum absolute atomic E-state index is 12.9. The summed E-state index contributed by atoms with van der Waals surface area (Å²) in [4.78, 5) is 71.6. The van der Waals surface area contributed by atoms with Crippen LogP contribution in [0.2, 0.25) is 0 Å². The van der Waals surface area contributed by atoms with Crippen LogP contribution in [0.3, 0.4) is 0 Å². The van der Waals surface area contributed by atoms with Gasteiger partial charge in [-0.05, 0) is 17.9 Å². The van der Waals surface area contributed by atoms with Gasteiger partial charge in [-0.1, -0.05) is 44.2 Å². The molecule has 1 aromatic carbocycles. The summed E-state index contributed by atoms with van der Waals surface area (Å²) in [5, 5.41) is 34.4. The first-order valence-corrected chi connectivity index (χ1v) is 11.2. The second-order valence-corrected chi connectivity index (χ2v) is 8.52. The van der Waals surface area contributed by atoms with Gasteiger partial charge in [0, 0.05) is 12.8 Å². The summed E-state index contributed by atoms with van der Waals surface area (Å²) in [6, 6.07) is 3.09. The van der Waals surface area contributed by atoms with Crippen LogP contribution in [0.25, 0.3) is 0 Å². The van der Waals surface area contributed by atoms with E-state index in [-0.39, 0.29) is 12.8 Å². The van der Waals surface area contributed by atoms with Crippen molar-refractivity contribution in [2.45, 2.75) is 63.7 Å². The lowest BCUT2D eigenvalue weighted by atomic mass is 10.0. The van der Waals surface area contributed by atoms with Crippen LogP contribution in [0.1, 0.15) is 38.7 Å². The number of benzene rings is 1. The van der Waals surface area contributed by atoms with E-state index in [2.05, 4.69) is 16.0 Å². The van der Waals surface area contributed by atoms with Gasteiger partial charge in [0.05, 0.1) is 12.5 Å². The largest absolute Gasteiger partial charge is 0.481 e. The summed E-state index contributed by atoms with van der Waals surface area (Å²) in [5.41, 5.74) is 6.17. The molecule has 198 valence electrons. The van der Waals surface area contributed by atoms with E-state index in [1.807, 2.05) is 0 Å². The molecule has 0 fully saturated rings. The van der Waals surface area contributed by atoms with E-state index in [0.29, 0.717) is 5.56 Å². The van der Waals surface area contributed by atoms with Crippen molar-refractivity contribution in [2.24, 2.45) is 11.7 Å². The van der Waals surface area contributed by atoms with Gasteiger partial charge in [0.25, 0.3) is 0 Å². The molecule has 0 heterocycles. The highest BCUT2D eigenvalue weighted by Gasteiger charge is 2.32. The lowest BCUT2D eigenvalue weighted by Gasteiger charge is -2.26. The van der Waals surface area contributed by atoms with E-state index in [1.54, 1.807) is 44.2 Å². The number of rotatable bonds is 15. The first kappa shape index (κ1) is 30.0. The topological polar surface area (TPSA) is 225 Å². The molecule has 1 rings (SSSR count). The van der Waals surface area contributed by atoms with Crippen molar-refractivity contribution >= 4 is 35.6 Å². The van der Waals surface area contributed by atoms with Crippen LogP contribution in [0.5, 0.6) is 0 Å². The molecule has 13 nitrogen and oxygen atoms in total. The molecule has 4 unspecified atom stereocenters. The maximum atomic E-state index is 12.9. The molecule has 3 amide bonds. The van der Waals surface area contributed by atoms with Gasteiger partial charge >= 0.3 is 17.9 Å². The Morgan fingerprint density at radius 1 is 0.806 bits per heavy atom. The van der Waals surface area contributed by atoms with E-state index in [4.69, 9.17) is 15.9 Å². The molecule has 13 heteroatoms. The Hall–Kier alpha value is -4.00. The maximum Gasteiger partial charge on any atom is 0.326 e. The molecule has 36 heavy (non-hydrogen) atoms. The van der Waals surface area contributed by atoms with Crippen LogP contribution in [0.15, 0.2) is 30.3 Å². The summed E-state index contributed by atoms with van der Waals surface area (Å²) in [5.74, 6) is -7.04. The first-order chi connectivity index (χ1) is 16.8. The summed E-state index contributed by atoms with van der Waals surface area (Å²) >= 11 is 0. The molecule has 0 aliphatic heterocycles. The average Bonchev–Trinajstić information content (AvgIpc) is 2.78. The van der Waals surface area contributed by atoms with E-state index in [0.717, 1.165) is 0 Å². The zero-order valence-electron chi connectivity index (χ0n) is 20.0. The molecule has 0 radical (unpaired) electrons. The molecule has 8 N–H and O–H groups in total. The zero-order valence-corrected chi connectivity index (χ0v) is 20.0. The van der Waals surface area contributed by atoms with Crippen molar-refractivity contribution < 1.29 is 44.1 Å². The van der Waals surface area contributed by atoms with Gasteiger partial charge in [-0.15, -0.1) is 0 Å². The molecule has 0 aliphatic carbocycles. The van der Waals surface area contributed by atoms with Crippen molar-refractivity contribution in [3.63, 3.8) is 0 Å². The lowest BCUT2D eigenvalue weighted by Crippen LogP contribution is -2.58. The Bertz CT molecular complexity index is 952. The second-order valence-electron chi connectivity index (χ2n) is 8.52. The van der Waals surface area contributed by atoms with Crippen LogP contribution in [0.4, 0.5) is 0 Å². The predicted molar refractivity (Wildman–Crippen MR) is 126 cm³/mol. The van der Waals surface area contributed by atoms with E-state index in [9.17, 15) is 33.9 Å². The number of carbonyl (C=O) groups excluding carboxylic acids is 3. The second kappa shape index (κ2) is 14.4. The van der Waals surface area contributed by atoms with Gasteiger partial charge in [0.1, 0.15) is 18.1 Å². The number of amides is 3. The number of hydrogen-bond acceptors (Lipinski definition) is 7. The molecular weight excluding hydrogens is 476 g/mol. The molecular formula is C23H32N4O9. The lowest BCUT2D eigenvalue weighted by molar-refractivity contribution is -0.143. The summed E-state index contributed by atoms with van der Waals surface area (Å²) in [7, 11) is 0.